The molecule has 1 saturated carbocycles. The molecule has 4 aromatic carbocycles. The molecule has 0 bridgehead atoms. The molecule has 1 saturated heterocycles. The molecule has 1 aliphatic carbocycles. The van der Waals surface area contributed by atoms with E-state index < -0.39 is 0 Å². The quantitative estimate of drug-likeness (QED) is 0.138. The summed E-state index contributed by atoms with van der Waals surface area (Å²) < 4.78 is 0.347. The number of nitrogens with zero attached hydrogens (tertiary/aromatic N) is 1. The molecule has 142 valence electrons. The Morgan fingerprint density at radius 3 is 2.41 bits per heavy atom. The lowest BCUT2D eigenvalue weighted by Gasteiger charge is -2.13. The number of thiocarbonyl (C=S) groups is 1. The summed E-state index contributed by atoms with van der Waals surface area (Å²) in [6.07, 6.45) is 3.87. The van der Waals surface area contributed by atoms with E-state index in [1.165, 1.54) is 38.7 Å². The summed E-state index contributed by atoms with van der Waals surface area (Å²) in [6.45, 7) is 0. The maximum Gasteiger partial charge on any atom is 0.292 e. The van der Waals surface area contributed by atoms with Crippen molar-refractivity contribution in [3.63, 3.8) is 0 Å². The highest BCUT2D eigenvalue weighted by molar-refractivity contribution is 8.26. The van der Waals surface area contributed by atoms with Crippen LogP contribution in [0.4, 0.5) is 0 Å². The Morgan fingerprint density at radius 1 is 0.966 bits per heavy atom. The molecule has 1 aliphatic heterocycles. The van der Waals surface area contributed by atoms with Crippen LogP contribution in [-0.4, -0.2) is 21.4 Å². The van der Waals surface area contributed by atoms with E-state index >= 15 is 0 Å². The number of hydrogen-bond acceptors (Lipinski definition) is 5. The SMILES string of the molecule is O=C1/C(=C\c2ccc3ccc4cccc5ccc2c3c45)SC(=S)N1OOC1CC1. The zero-order valence-corrected chi connectivity index (χ0v) is 16.9. The average Bonchev–Trinajstić information content (AvgIpc) is 3.52. The van der Waals surface area contributed by atoms with Crippen LogP contribution in [0.1, 0.15) is 18.4 Å². The third kappa shape index (κ3) is 2.83. The minimum absolute atomic E-state index is 0.0705. The van der Waals surface area contributed by atoms with Crippen molar-refractivity contribution in [3.8, 4) is 0 Å². The second-order valence-corrected chi connectivity index (χ2v) is 9.03. The largest absolute Gasteiger partial charge is 0.292 e. The van der Waals surface area contributed by atoms with Crippen molar-refractivity contribution in [2.75, 3.05) is 0 Å². The zero-order valence-electron chi connectivity index (χ0n) is 15.3. The fourth-order valence-electron chi connectivity index (χ4n) is 3.81. The molecule has 0 atom stereocenters. The van der Waals surface area contributed by atoms with Gasteiger partial charge < -0.3 is 0 Å². The molecule has 4 nitrogen and oxygen atoms in total. The Morgan fingerprint density at radius 2 is 1.66 bits per heavy atom. The molecule has 4 aromatic rings. The fraction of sp³-hybridized carbons (Fsp3) is 0.130. The Bertz CT molecular complexity index is 1330. The van der Waals surface area contributed by atoms with E-state index in [2.05, 4.69) is 54.6 Å². The number of carbonyl (C=O) groups excluding carboxylic acids is 1. The van der Waals surface area contributed by atoms with Crippen molar-refractivity contribution < 1.29 is 14.7 Å². The lowest BCUT2D eigenvalue weighted by atomic mass is 9.92. The van der Waals surface area contributed by atoms with Crippen LogP contribution < -0.4 is 0 Å². The molecule has 29 heavy (non-hydrogen) atoms. The Balaban J connectivity index is 1.46. The Hall–Kier alpha value is -2.51. The fourth-order valence-corrected chi connectivity index (χ4v) is 4.93. The van der Waals surface area contributed by atoms with Crippen LogP contribution in [0, 0.1) is 0 Å². The molecule has 0 aromatic heterocycles. The summed E-state index contributed by atoms with van der Waals surface area (Å²) in [5.74, 6) is -0.286. The van der Waals surface area contributed by atoms with Gasteiger partial charge in [0, 0.05) is 0 Å². The van der Waals surface area contributed by atoms with E-state index in [-0.39, 0.29) is 12.0 Å². The van der Waals surface area contributed by atoms with Gasteiger partial charge in [0.25, 0.3) is 5.91 Å². The molecule has 6 heteroatoms. The number of amides is 1. The predicted octanol–water partition coefficient (Wildman–Crippen LogP) is 5.81. The van der Waals surface area contributed by atoms with Gasteiger partial charge in [-0.15, -0.1) is 10.1 Å². The van der Waals surface area contributed by atoms with Gasteiger partial charge in [0.2, 0.25) is 0 Å². The molecule has 6 rings (SSSR count). The van der Waals surface area contributed by atoms with Crippen molar-refractivity contribution in [1.82, 2.24) is 5.06 Å². The number of rotatable bonds is 4. The van der Waals surface area contributed by atoms with Crippen LogP contribution in [-0.2, 0) is 14.7 Å². The van der Waals surface area contributed by atoms with Crippen LogP contribution in [0.25, 0.3) is 38.4 Å². The second kappa shape index (κ2) is 6.50. The van der Waals surface area contributed by atoms with E-state index in [0.29, 0.717) is 9.23 Å². The number of hydrogen-bond donors (Lipinski definition) is 0. The lowest BCUT2D eigenvalue weighted by molar-refractivity contribution is -0.390. The first-order chi connectivity index (χ1) is 14.2. The van der Waals surface area contributed by atoms with E-state index in [1.54, 1.807) is 0 Å². The molecular weight excluding hydrogens is 402 g/mol. The maximum atomic E-state index is 12.8. The molecule has 0 unspecified atom stereocenters. The number of thioether (sulfide) groups is 1. The van der Waals surface area contributed by atoms with E-state index in [1.807, 2.05) is 6.08 Å². The van der Waals surface area contributed by atoms with Gasteiger partial charge >= 0.3 is 0 Å². The minimum Gasteiger partial charge on any atom is -0.266 e. The van der Waals surface area contributed by atoms with Crippen molar-refractivity contribution in [1.29, 1.82) is 0 Å². The zero-order chi connectivity index (χ0) is 19.5. The average molecular weight is 418 g/mol. The lowest BCUT2D eigenvalue weighted by Crippen LogP contribution is -2.28. The number of carbonyl (C=O) groups is 1. The molecule has 2 aliphatic rings. The van der Waals surface area contributed by atoms with Crippen LogP contribution in [0.2, 0.25) is 0 Å². The second-order valence-electron chi connectivity index (χ2n) is 7.36. The number of benzene rings is 4. The predicted molar refractivity (Wildman–Crippen MR) is 120 cm³/mol. The summed E-state index contributed by atoms with van der Waals surface area (Å²) in [6, 6.07) is 19.1. The van der Waals surface area contributed by atoms with E-state index in [4.69, 9.17) is 22.1 Å². The maximum absolute atomic E-state index is 12.8. The molecule has 0 N–H and O–H groups in total. The van der Waals surface area contributed by atoms with Gasteiger partial charge in [0.1, 0.15) is 0 Å². The van der Waals surface area contributed by atoms with Crippen LogP contribution in [0.15, 0.2) is 59.5 Å². The van der Waals surface area contributed by atoms with Crippen molar-refractivity contribution in [2.24, 2.45) is 0 Å². The molecule has 1 amide bonds. The Kier molecular flexibility index (Phi) is 3.89. The van der Waals surface area contributed by atoms with Gasteiger partial charge in [0.15, 0.2) is 4.32 Å². The third-order valence-corrected chi connectivity index (χ3v) is 6.65. The van der Waals surface area contributed by atoms with Gasteiger partial charge in [-0.05, 0) is 69.0 Å². The monoisotopic (exact) mass is 417 g/mol. The van der Waals surface area contributed by atoms with Crippen LogP contribution in [0.5, 0.6) is 0 Å². The smallest absolute Gasteiger partial charge is 0.266 e. The van der Waals surface area contributed by atoms with E-state index in [0.717, 1.165) is 28.9 Å². The van der Waals surface area contributed by atoms with E-state index in [9.17, 15) is 4.79 Å². The number of hydroxylamine groups is 2. The van der Waals surface area contributed by atoms with Crippen molar-refractivity contribution in [2.45, 2.75) is 18.9 Å². The molecule has 2 fully saturated rings. The first-order valence-electron chi connectivity index (χ1n) is 9.47. The van der Waals surface area contributed by atoms with Crippen molar-refractivity contribution >= 4 is 72.6 Å². The van der Waals surface area contributed by atoms with Crippen LogP contribution in [0.3, 0.4) is 0 Å². The topological polar surface area (TPSA) is 38.8 Å². The highest BCUT2D eigenvalue weighted by Gasteiger charge is 2.36. The van der Waals surface area contributed by atoms with Gasteiger partial charge in [-0.25, -0.2) is 4.89 Å². The molecule has 0 spiro atoms. The van der Waals surface area contributed by atoms with Gasteiger partial charge in [0.05, 0.1) is 11.0 Å². The summed E-state index contributed by atoms with van der Waals surface area (Å²) >= 11 is 6.53. The summed E-state index contributed by atoms with van der Waals surface area (Å²) in [5, 5.41) is 8.29. The molecule has 1 heterocycles. The van der Waals surface area contributed by atoms with Crippen molar-refractivity contribution in [3.05, 3.63) is 65.1 Å². The third-order valence-electron chi connectivity index (χ3n) is 5.39. The summed E-state index contributed by atoms with van der Waals surface area (Å²) in [4.78, 5) is 23.7. The minimum atomic E-state index is -0.286. The van der Waals surface area contributed by atoms with Crippen LogP contribution >= 0.6 is 24.0 Å². The summed E-state index contributed by atoms with van der Waals surface area (Å²) in [7, 11) is 0. The van der Waals surface area contributed by atoms with Gasteiger partial charge in [-0.1, -0.05) is 66.4 Å². The first kappa shape index (κ1) is 17.4. The molecular formula is C23H15NO3S2. The van der Waals surface area contributed by atoms with Gasteiger partial charge in [-0.2, -0.15) is 0 Å². The highest BCUT2D eigenvalue weighted by atomic mass is 32.2. The van der Waals surface area contributed by atoms with Gasteiger partial charge in [-0.3, -0.25) is 4.79 Å². The highest BCUT2D eigenvalue weighted by Crippen LogP contribution is 2.39. The normalized spacial score (nSPS) is 18.9. The summed E-state index contributed by atoms with van der Waals surface area (Å²) in [5.41, 5.74) is 0.986. The Labute approximate surface area is 176 Å². The standard InChI is InChI=1S/C23H15NO3S2/c25-22-19(29-23(28)24(22)27-26-17-9-10-17)12-16-7-6-15-5-4-13-2-1-3-14-8-11-18(16)21(15)20(13)14/h1-8,11-12,17H,9-10H2/b19-12+. The first-order valence-corrected chi connectivity index (χ1v) is 10.7. The molecule has 0 radical (unpaired) electrons.